The van der Waals surface area contributed by atoms with Gasteiger partial charge in [0.15, 0.2) is 0 Å². The van der Waals surface area contributed by atoms with Crippen LogP contribution in [0.4, 0.5) is 5.69 Å². The van der Waals surface area contributed by atoms with Crippen LogP contribution in [0.5, 0.6) is 0 Å². The van der Waals surface area contributed by atoms with Crippen molar-refractivity contribution in [2.45, 2.75) is 20.3 Å². The van der Waals surface area contributed by atoms with Crippen molar-refractivity contribution in [3.8, 4) is 0 Å². The molecule has 0 saturated carbocycles. The first kappa shape index (κ1) is 11.0. The van der Waals surface area contributed by atoms with Crippen molar-refractivity contribution in [3.05, 3.63) is 47.1 Å². The molecule has 0 aliphatic heterocycles. The molecular weight excluding hydrogens is 194 g/mol. The molecule has 1 aliphatic rings. The maximum Gasteiger partial charge on any atom is 0.0437 e. The van der Waals surface area contributed by atoms with Crippen molar-refractivity contribution in [3.63, 3.8) is 0 Å². The summed E-state index contributed by atoms with van der Waals surface area (Å²) in [7, 11) is 4.20. The second kappa shape index (κ2) is 4.17. The molecule has 0 fully saturated rings. The summed E-state index contributed by atoms with van der Waals surface area (Å²) in [6.07, 6.45) is 3.41. The number of benzene rings is 1. The summed E-state index contributed by atoms with van der Waals surface area (Å²) in [6.45, 7) is 4.41. The molecule has 1 aromatic rings. The molecule has 84 valence electrons. The van der Waals surface area contributed by atoms with Gasteiger partial charge in [-0.15, -0.1) is 0 Å². The lowest BCUT2D eigenvalue weighted by atomic mass is 10.0. The van der Waals surface area contributed by atoms with Gasteiger partial charge < -0.3 is 4.90 Å². The zero-order valence-electron chi connectivity index (χ0n) is 10.5. The predicted octanol–water partition coefficient (Wildman–Crippen LogP) is 3.88. The first-order valence-electron chi connectivity index (χ1n) is 5.73. The van der Waals surface area contributed by atoms with Gasteiger partial charge in [-0.05, 0) is 31.9 Å². The molecule has 1 aromatic carbocycles. The Morgan fingerprint density at radius 1 is 1.06 bits per heavy atom. The number of hydrogen-bond acceptors (Lipinski definition) is 1. The molecule has 1 aliphatic carbocycles. The van der Waals surface area contributed by atoms with Crippen LogP contribution in [-0.2, 0) is 0 Å². The maximum absolute atomic E-state index is 2.32. The van der Waals surface area contributed by atoms with Crippen LogP contribution >= 0.6 is 0 Å². The van der Waals surface area contributed by atoms with E-state index in [2.05, 4.69) is 63.2 Å². The van der Waals surface area contributed by atoms with E-state index in [0.717, 1.165) is 6.42 Å². The Bertz CT molecular complexity index is 464. The van der Waals surface area contributed by atoms with Gasteiger partial charge in [-0.2, -0.15) is 0 Å². The van der Waals surface area contributed by atoms with E-state index in [9.17, 15) is 0 Å². The van der Waals surface area contributed by atoms with E-state index in [1.54, 1.807) is 0 Å². The lowest BCUT2D eigenvalue weighted by Crippen LogP contribution is -2.10. The molecule has 0 radical (unpaired) electrons. The minimum absolute atomic E-state index is 1.09. The highest BCUT2D eigenvalue weighted by molar-refractivity contribution is 5.81. The van der Waals surface area contributed by atoms with Crippen molar-refractivity contribution in [1.29, 1.82) is 0 Å². The third-order valence-corrected chi connectivity index (χ3v) is 3.25. The van der Waals surface area contributed by atoms with Crippen LogP contribution in [-0.4, -0.2) is 14.1 Å². The van der Waals surface area contributed by atoms with Crippen LogP contribution in [0.15, 0.2) is 41.5 Å². The highest BCUT2D eigenvalue weighted by Gasteiger charge is 2.14. The molecule has 0 unspecified atom stereocenters. The smallest absolute Gasteiger partial charge is 0.0437 e. The van der Waals surface area contributed by atoms with Gasteiger partial charge in [0.2, 0.25) is 0 Å². The van der Waals surface area contributed by atoms with Gasteiger partial charge in [0.25, 0.3) is 0 Å². The average Bonchev–Trinajstić information content (AvgIpc) is 2.59. The average molecular weight is 213 g/mol. The van der Waals surface area contributed by atoms with Crippen LogP contribution in [0.1, 0.15) is 25.8 Å². The van der Waals surface area contributed by atoms with Crippen molar-refractivity contribution in [2.24, 2.45) is 0 Å². The second-order valence-corrected chi connectivity index (χ2v) is 4.72. The Hall–Kier alpha value is -1.50. The van der Waals surface area contributed by atoms with Gasteiger partial charge in [0.05, 0.1) is 0 Å². The SMILES string of the molecule is CC1=C(C)CC(c2ccccc2N(C)C)=C1. The molecule has 2 rings (SSSR count). The lowest BCUT2D eigenvalue weighted by molar-refractivity contribution is 1.12. The molecule has 0 atom stereocenters. The van der Waals surface area contributed by atoms with E-state index in [0.29, 0.717) is 0 Å². The van der Waals surface area contributed by atoms with Crippen molar-refractivity contribution in [2.75, 3.05) is 19.0 Å². The molecule has 0 amide bonds. The molecule has 1 nitrogen and oxygen atoms in total. The Kier molecular flexibility index (Phi) is 2.86. The zero-order chi connectivity index (χ0) is 11.7. The normalized spacial score (nSPS) is 15.4. The number of allylic oxidation sites excluding steroid dienone is 4. The third-order valence-electron chi connectivity index (χ3n) is 3.25. The second-order valence-electron chi connectivity index (χ2n) is 4.72. The molecule has 0 aromatic heterocycles. The fourth-order valence-corrected chi connectivity index (χ4v) is 2.17. The van der Waals surface area contributed by atoms with E-state index in [-0.39, 0.29) is 0 Å². The number of rotatable bonds is 2. The van der Waals surface area contributed by atoms with E-state index >= 15 is 0 Å². The molecule has 0 N–H and O–H groups in total. The highest BCUT2D eigenvalue weighted by atomic mass is 15.1. The molecule has 1 heteroatoms. The highest BCUT2D eigenvalue weighted by Crippen LogP contribution is 2.36. The van der Waals surface area contributed by atoms with Crippen LogP contribution in [0.25, 0.3) is 5.57 Å². The summed E-state index contributed by atoms with van der Waals surface area (Å²) in [4.78, 5) is 2.18. The van der Waals surface area contributed by atoms with Gasteiger partial charge in [0.1, 0.15) is 0 Å². The van der Waals surface area contributed by atoms with E-state index in [4.69, 9.17) is 0 Å². The van der Waals surface area contributed by atoms with Crippen LogP contribution < -0.4 is 4.90 Å². The molecule has 0 bridgehead atoms. The quantitative estimate of drug-likeness (QED) is 0.720. The van der Waals surface area contributed by atoms with Crippen LogP contribution in [0, 0.1) is 0 Å². The first-order chi connectivity index (χ1) is 7.59. The third kappa shape index (κ3) is 1.90. The summed E-state index contributed by atoms with van der Waals surface area (Å²) in [5.41, 5.74) is 7.02. The van der Waals surface area contributed by atoms with E-state index in [1.165, 1.54) is 28.0 Å². The predicted molar refractivity (Wildman–Crippen MR) is 71.7 cm³/mol. The van der Waals surface area contributed by atoms with Crippen molar-refractivity contribution >= 4 is 11.3 Å². The summed E-state index contributed by atoms with van der Waals surface area (Å²) in [6, 6.07) is 8.61. The standard InChI is InChI=1S/C15H19N/c1-11-9-13(10-12(11)2)14-7-5-6-8-15(14)16(3)4/h5-9H,10H2,1-4H3. The lowest BCUT2D eigenvalue weighted by Gasteiger charge is -2.18. The Labute approximate surface area is 98.1 Å². The largest absolute Gasteiger partial charge is 0.377 e. The van der Waals surface area contributed by atoms with Gasteiger partial charge >= 0.3 is 0 Å². The van der Waals surface area contributed by atoms with Crippen molar-refractivity contribution < 1.29 is 0 Å². The number of hydrogen-bond donors (Lipinski definition) is 0. The minimum atomic E-state index is 1.09. The van der Waals surface area contributed by atoms with Gasteiger partial charge in [-0.1, -0.05) is 35.4 Å². The van der Waals surface area contributed by atoms with E-state index < -0.39 is 0 Å². The summed E-state index contributed by atoms with van der Waals surface area (Å²) in [5, 5.41) is 0. The van der Waals surface area contributed by atoms with Crippen LogP contribution in [0.3, 0.4) is 0 Å². The number of nitrogens with zero attached hydrogens (tertiary/aromatic N) is 1. The molecule has 0 heterocycles. The van der Waals surface area contributed by atoms with E-state index in [1.807, 2.05) is 0 Å². The molecular formula is C15H19N. The Morgan fingerprint density at radius 3 is 2.31 bits per heavy atom. The van der Waals surface area contributed by atoms with Gasteiger partial charge in [-0.25, -0.2) is 0 Å². The summed E-state index contributed by atoms with van der Waals surface area (Å²) < 4.78 is 0. The molecule has 0 spiro atoms. The summed E-state index contributed by atoms with van der Waals surface area (Å²) >= 11 is 0. The molecule has 16 heavy (non-hydrogen) atoms. The fourth-order valence-electron chi connectivity index (χ4n) is 2.17. The monoisotopic (exact) mass is 213 g/mol. The maximum atomic E-state index is 2.32. The zero-order valence-corrected chi connectivity index (χ0v) is 10.5. The van der Waals surface area contributed by atoms with Gasteiger partial charge in [-0.3, -0.25) is 0 Å². The Morgan fingerprint density at radius 2 is 1.75 bits per heavy atom. The number of para-hydroxylation sites is 1. The van der Waals surface area contributed by atoms with Crippen LogP contribution in [0.2, 0.25) is 0 Å². The Balaban J connectivity index is 2.40. The molecule has 0 saturated heterocycles. The van der Waals surface area contributed by atoms with Gasteiger partial charge in [0, 0.05) is 25.3 Å². The topological polar surface area (TPSA) is 3.24 Å². The number of anilines is 1. The first-order valence-corrected chi connectivity index (χ1v) is 5.73. The summed E-state index contributed by atoms with van der Waals surface area (Å²) in [5.74, 6) is 0. The fraction of sp³-hybridized carbons (Fsp3) is 0.333. The van der Waals surface area contributed by atoms with Crippen molar-refractivity contribution in [1.82, 2.24) is 0 Å². The minimum Gasteiger partial charge on any atom is -0.377 e.